The molecule has 3 nitrogen and oxygen atoms in total. The number of aliphatic hydroxyl groups is 1. The molecule has 4 heteroatoms. The second-order valence-corrected chi connectivity index (χ2v) is 4.89. The molecule has 2 N–H and O–H groups in total. The zero-order valence-electron chi connectivity index (χ0n) is 11.5. The fourth-order valence-electron chi connectivity index (χ4n) is 1.81. The van der Waals surface area contributed by atoms with Gasteiger partial charge in [-0.2, -0.15) is 0 Å². The van der Waals surface area contributed by atoms with Crippen LogP contribution < -0.4 is 5.32 Å². The maximum absolute atomic E-state index is 12.2. The number of carbonyl (C=O) groups excluding carboxylic acids is 1. The smallest absolute Gasteiger partial charge is 0.255 e. The molecule has 0 unspecified atom stereocenters. The molecule has 0 radical (unpaired) electrons. The van der Waals surface area contributed by atoms with E-state index in [2.05, 4.69) is 17.2 Å². The number of hydrogen-bond donors (Lipinski definition) is 2. The quantitative estimate of drug-likeness (QED) is 0.836. The first kappa shape index (κ1) is 15.1. The largest absolute Gasteiger partial charge is 0.384 e. The van der Waals surface area contributed by atoms with Gasteiger partial charge in [0.05, 0.1) is 10.7 Å². The molecule has 0 saturated carbocycles. The maximum Gasteiger partial charge on any atom is 0.255 e. The molecule has 2 aromatic carbocycles. The van der Waals surface area contributed by atoms with Gasteiger partial charge in [0.1, 0.15) is 6.61 Å². The van der Waals surface area contributed by atoms with Gasteiger partial charge >= 0.3 is 0 Å². The van der Waals surface area contributed by atoms with Crippen molar-refractivity contribution >= 4 is 23.2 Å². The Kier molecular flexibility index (Phi) is 4.99. The average molecular weight is 300 g/mol. The molecule has 0 bridgehead atoms. The van der Waals surface area contributed by atoms with Crippen LogP contribution in [-0.4, -0.2) is 17.6 Å². The number of anilines is 1. The minimum atomic E-state index is -0.254. The van der Waals surface area contributed by atoms with Crippen molar-refractivity contribution in [2.24, 2.45) is 0 Å². The third-order valence-electron chi connectivity index (χ3n) is 2.81. The van der Waals surface area contributed by atoms with E-state index in [1.807, 2.05) is 19.1 Å². The number of halogens is 1. The lowest BCUT2D eigenvalue weighted by Gasteiger charge is -2.08. The second kappa shape index (κ2) is 6.94. The Balaban J connectivity index is 2.22. The molecule has 0 aliphatic heterocycles. The average Bonchev–Trinajstić information content (AvgIpc) is 2.49. The molecule has 0 fully saturated rings. The van der Waals surface area contributed by atoms with Gasteiger partial charge in [-0.25, -0.2) is 0 Å². The predicted molar refractivity (Wildman–Crippen MR) is 84.5 cm³/mol. The van der Waals surface area contributed by atoms with E-state index in [0.717, 1.165) is 5.56 Å². The summed E-state index contributed by atoms with van der Waals surface area (Å²) >= 11 is 6.06. The van der Waals surface area contributed by atoms with Crippen LogP contribution in [0.3, 0.4) is 0 Å². The topological polar surface area (TPSA) is 49.3 Å². The lowest BCUT2D eigenvalue weighted by molar-refractivity contribution is 0.102. The first-order valence-corrected chi connectivity index (χ1v) is 6.75. The summed E-state index contributed by atoms with van der Waals surface area (Å²) in [5, 5.41) is 12.0. The van der Waals surface area contributed by atoms with E-state index in [-0.39, 0.29) is 12.5 Å². The van der Waals surface area contributed by atoms with Crippen molar-refractivity contribution < 1.29 is 9.90 Å². The first-order chi connectivity index (χ1) is 10.1. The number of benzene rings is 2. The van der Waals surface area contributed by atoms with Gasteiger partial charge in [-0.15, -0.1) is 0 Å². The Hall–Kier alpha value is -2.28. The number of hydrogen-bond acceptors (Lipinski definition) is 2. The molecule has 0 heterocycles. The van der Waals surface area contributed by atoms with Crippen molar-refractivity contribution in [3.8, 4) is 11.8 Å². The number of aryl methyl sites for hydroxylation is 1. The highest BCUT2D eigenvalue weighted by Gasteiger charge is 2.09. The van der Waals surface area contributed by atoms with Crippen LogP contribution in [0.15, 0.2) is 42.5 Å². The van der Waals surface area contributed by atoms with Crippen LogP contribution in [0, 0.1) is 18.8 Å². The fraction of sp³-hybridized carbons (Fsp3) is 0.118. The van der Waals surface area contributed by atoms with Gasteiger partial charge in [0, 0.05) is 11.1 Å². The minimum Gasteiger partial charge on any atom is -0.384 e. The van der Waals surface area contributed by atoms with E-state index in [4.69, 9.17) is 16.7 Å². The highest BCUT2D eigenvalue weighted by Crippen LogP contribution is 2.23. The lowest BCUT2D eigenvalue weighted by Crippen LogP contribution is -2.12. The molecule has 0 aromatic heterocycles. The van der Waals surface area contributed by atoms with Crippen LogP contribution in [0.25, 0.3) is 0 Å². The van der Waals surface area contributed by atoms with Gasteiger partial charge < -0.3 is 10.4 Å². The SMILES string of the molecule is Cc1ccc(Cl)c(NC(=O)c2cccc(C#CCO)c2)c1. The Labute approximate surface area is 128 Å². The van der Waals surface area contributed by atoms with Crippen molar-refractivity contribution in [1.29, 1.82) is 0 Å². The maximum atomic E-state index is 12.2. The van der Waals surface area contributed by atoms with Crippen molar-refractivity contribution in [3.05, 3.63) is 64.2 Å². The summed E-state index contributed by atoms with van der Waals surface area (Å²) in [5.41, 5.74) is 2.75. The monoisotopic (exact) mass is 299 g/mol. The second-order valence-electron chi connectivity index (χ2n) is 4.48. The summed E-state index contributed by atoms with van der Waals surface area (Å²) in [6, 6.07) is 12.3. The van der Waals surface area contributed by atoms with Crippen LogP contribution in [0.1, 0.15) is 21.5 Å². The van der Waals surface area contributed by atoms with E-state index >= 15 is 0 Å². The Bertz CT molecular complexity index is 729. The molecular formula is C17H14ClNO2. The fourth-order valence-corrected chi connectivity index (χ4v) is 1.97. The number of aliphatic hydroxyl groups excluding tert-OH is 1. The number of carbonyl (C=O) groups is 1. The zero-order valence-corrected chi connectivity index (χ0v) is 12.2. The summed E-state index contributed by atoms with van der Waals surface area (Å²) in [5.74, 6) is 5.06. The van der Waals surface area contributed by atoms with E-state index < -0.39 is 0 Å². The molecule has 2 aromatic rings. The molecule has 21 heavy (non-hydrogen) atoms. The van der Waals surface area contributed by atoms with Crippen molar-refractivity contribution in [2.75, 3.05) is 11.9 Å². The first-order valence-electron chi connectivity index (χ1n) is 6.37. The molecule has 0 aliphatic carbocycles. The normalized spacial score (nSPS) is 9.67. The van der Waals surface area contributed by atoms with Gasteiger partial charge in [0.2, 0.25) is 0 Å². The minimum absolute atomic E-state index is 0.213. The summed E-state index contributed by atoms with van der Waals surface area (Å²) < 4.78 is 0. The van der Waals surface area contributed by atoms with E-state index in [1.165, 1.54) is 0 Å². The van der Waals surface area contributed by atoms with Gasteiger partial charge in [-0.3, -0.25) is 4.79 Å². The summed E-state index contributed by atoms with van der Waals surface area (Å²) in [7, 11) is 0. The van der Waals surface area contributed by atoms with Crippen molar-refractivity contribution in [1.82, 2.24) is 0 Å². The number of rotatable bonds is 2. The van der Waals surface area contributed by atoms with Gasteiger partial charge in [0.25, 0.3) is 5.91 Å². The standard InChI is InChI=1S/C17H14ClNO2/c1-12-7-8-15(18)16(10-12)19-17(21)14-6-2-4-13(11-14)5-3-9-20/h2,4,6-8,10-11,20H,9H2,1H3,(H,19,21). The third kappa shape index (κ3) is 4.09. The Morgan fingerprint density at radius 3 is 2.86 bits per heavy atom. The summed E-state index contributed by atoms with van der Waals surface area (Å²) in [6.07, 6.45) is 0. The summed E-state index contributed by atoms with van der Waals surface area (Å²) in [4.78, 5) is 12.2. The number of nitrogens with one attached hydrogen (secondary N) is 1. The molecular weight excluding hydrogens is 286 g/mol. The molecule has 1 amide bonds. The van der Waals surface area contributed by atoms with E-state index in [1.54, 1.807) is 30.3 Å². The van der Waals surface area contributed by atoms with Gasteiger partial charge in [-0.1, -0.05) is 35.6 Å². The predicted octanol–water partition coefficient (Wildman–Crippen LogP) is 3.24. The highest BCUT2D eigenvalue weighted by atomic mass is 35.5. The van der Waals surface area contributed by atoms with Crippen LogP contribution in [0.2, 0.25) is 5.02 Å². The summed E-state index contributed by atoms with van der Waals surface area (Å²) in [6.45, 7) is 1.71. The van der Waals surface area contributed by atoms with Crippen LogP contribution >= 0.6 is 11.6 Å². The Morgan fingerprint density at radius 1 is 1.29 bits per heavy atom. The highest BCUT2D eigenvalue weighted by molar-refractivity contribution is 6.34. The molecule has 0 saturated heterocycles. The molecule has 2 rings (SSSR count). The Morgan fingerprint density at radius 2 is 2.10 bits per heavy atom. The molecule has 0 atom stereocenters. The van der Waals surface area contributed by atoms with Gasteiger partial charge in [0.15, 0.2) is 0 Å². The lowest BCUT2D eigenvalue weighted by atomic mass is 10.1. The number of amides is 1. The van der Waals surface area contributed by atoms with Crippen molar-refractivity contribution in [2.45, 2.75) is 6.92 Å². The molecule has 0 aliphatic rings. The van der Waals surface area contributed by atoms with Crippen LogP contribution in [0.5, 0.6) is 0 Å². The van der Waals surface area contributed by atoms with E-state index in [0.29, 0.717) is 21.8 Å². The van der Waals surface area contributed by atoms with E-state index in [9.17, 15) is 4.79 Å². The third-order valence-corrected chi connectivity index (χ3v) is 3.14. The molecule has 0 spiro atoms. The van der Waals surface area contributed by atoms with Gasteiger partial charge in [-0.05, 0) is 42.8 Å². The zero-order chi connectivity index (χ0) is 15.2. The van der Waals surface area contributed by atoms with Crippen LogP contribution in [0.4, 0.5) is 5.69 Å². The van der Waals surface area contributed by atoms with Crippen LogP contribution in [-0.2, 0) is 0 Å². The molecule has 106 valence electrons. The van der Waals surface area contributed by atoms with Crippen molar-refractivity contribution in [3.63, 3.8) is 0 Å².